The van der Waals surface area contributed by atoms with Crippen molar-refractivity contribution >= 4 is 0 Å². The van der Waals surface area contributed by atoms with Gasteiger partial charge in [-0.05, 0) is 30.1 Å². The lowest BCUT2D eigenvalue weighted by Gasteiger charge is -2.18. The van der Waals surface area contributed by atoms with Crippen LogP contribution in [0.1, 0.15) is 92.9 Å². The summed E-state index contributed by atoms with van der Waals surface area (Å²) >= 11 is 0. The summed E-state index contributed by atoms with van der Waals surface area (Å²) in [6.45, 7) is 14.2. The molecule has 2 unspecified atom stereocenters. The number of rotatable bonds is 11. The molecular weight excluding hydrogens is 216 g/mol. The molecule has 0 amide bonds. The number of hydrogen-bond acceptors (Lipinski definition) is 0. The van der Waals surface area contributed by atoms with Gasteiger partial charge in [-0.1, -0.05) is 86.5 Å². The zero-order chi connectivity index (χ0) is 14.0. The van der Waals surface area contributed by atoms with Gasteiger partial charge in [-0.15, -0.1) is 0 Å². The fourth-order valence-electron chi connectivity index (χ4n) is 3.10. The highest BCUT2D eigenvalue weighted by atomic mass is 14.2. The maximum atomic E-state index is 2.45. The molecule has 0 saturated carbocycles. The minimum atomic E-state index is 0.868. The third-order valence-corrected chi connectivity index (χ3v) is 4.49. The molecule has 0 heteroatoms. The Hall–Kier alpha value is 0. The molecule has 0 N–H and O–H groups in total. The third-order valence-electron chi connectivity index (χ3n) is 4.49. The Morgan fingerprint density at radius 2 is 1.22 bits per heavy atom. The molecule has 0 nitrogen and oxygen atoms in total. The van der Waals surface area contributed by atoms with Gasteiger partial charge in [-0.2, -0.15) is 0 Å². The van der Waals surface area contributed by atoms with Crippen LogP contribution in [-0.4, -0.2) is 0 Å². The molecule has 0 aliphatic rings. The van der Waals surface area contributed by atoms with E-state index in [4.69, 9.17) is 0 Å². The Morgan fingerprint density at radius 1 is 0.667 bits per heavy atom. The van der Waals surface area contributed by atoms with Crippen LogP contribution < -0.4 is 0 Å². The van der Waals surface area contributed by atoms with E-state index in [-0.39, 0.29) is 0 Å². The van der Waals surface area contributed by atoms with Crippen LogP contribution in [-0.2, 0) is 0 Å². The summed E-state index contributed by atoms with van der Waals surface area (Å²) in [5.41, 5.74) is 0. The van der Waals surface area contributed by atoms with E-state index in [0.717, 1.165) is 23.7 Å². The second-order valence-electron chi connectivity index (χ2n) is 7.03. The molecule has 0 aliphatic heterocycles. The fraction of sp³-hybridized carbons (Fsp3) is 1.00. The maximum absolute atomic E-state index is 2.45. The lowest BCUT2D eigenvalue weighted by atomic mass is 9.88. The van der Waals surface area contributed by atoms with E-state index in [1.807, 2.05) is 0 Å². The molecule has 0 saturated heterocycles. The van der Waals surface area contributed by atoms with Crippen LogP contribution in [0, 0.1) is 23.7 Å². The van der Waals surface area contributed by atoms with Crippen molar-refractivity contribution in [2.24, 2.45) is 23.7 Å². The lowest BCUT2D eigenvalue weighted by molar-refractivity contribution is 0.349. The highest BCUT2D eigenvalue weighted by Gasteiger charge is 2.09. The van der Waals surface area contributed by atoms with Crippen molar-refractivity contribution < 1.29 is 0 Å². The van der Waals surface area contributed by atoms with E-state index in [1.165, 1.54) is 51.4 Å². The molecule has 110 valence electrons. The van der Waals surface area contributed by atoms with Gasteiger partial charge in [0.2, 0.25) is 0 Å². The Bertz CT molecular complexity index is 167. The molecule has 0 spiro atoms. The molecule has 0 rings (SSSR count). The zero-order valence-electron chi connectivity index (χ0n) is 14.0. The van der Waals surface area contributed by atoms with Gasteiger partial charge >= 0.3 is 0 Å². The molecule has 0 bridgehead atoms. The predicted octanol–water partition coefficient (Wildman–Crippen LogP) is 6.69. The second kappa shape index (κ2) is 10.9. The summed E-state index contributed by atoms with van der Waals surface area (Å²) in [5, 5.41) is 0. The van der Waals surface area contributed by atoms with Crippen LogP contribution in [0.2, 0.25) is 0 Å². The summed E-state index contributed by atoms with van der Waals surface area (Å²) in [4.78, 5) is 0. The van der Waals surface area contributed by atoms with Gasteiger partial charge in [0.15, 0.2) is 0 Å². The maximum Gasteiger partial charge on any atom is -0.0419 e. The Balaban J connectivity index is 3.55. The monoisotopic (exact) mass is 254 g/mol. The molecule has 18 heavy (non-hydrogen) atoms. The Labute approximate surface area is 117 Å². The quantitative estimate of drug-likeness (QED) is 0.385. The van der Waals surface area contributed by atoms with E-state index < -0.39 is 0 Å². The van der Waals surface area contributed by atoms with Crippen LogP contribution in [0.5, 0.6) is 0 Å². The Morgan fingerprint density at radius 3 is 1.72 bits per heavy atom. The average Bonchev–Trinajstić information content (AvgIpc) is 2.29. The number of hydrogen-bond donors (Lipinski definition) is 0. The van der Waals surface area contributed by atoms with Crippen LogP contribution in [0.3, 0.4) is 0 Å². The summed E-state index contributed by atoms with van der Waals surface area (Å²) in [7, 11) is 0. The largest absolute Gasteiger partial charge is 0.0651 e. The van der Waals surface area contributed by atoms with Crippen molar-refractivity contribution in [3.8, 4) is 0 Å². The first-order valence-corrected chi connectivity index (χ1v) is 8.49. The van der Waals surface area contributed by atoms with Gasteiger partial charge in [-0.25, -0.2) is 0 Å². The van der Waals surface area contributed by atoms with Crippen LogP contribution in [0.15, 0.2) is 0 Å². The van der Waals surface area contributed by atoms with Gasteiger partial charge in [0.25, 0.3) is 0 Å². The topological polar surface area (TPSA) is 0 Å². The lowest BCUT2D eigenvalue weighted by Crippen LogP contribution is -2.04. The molecule has 0 heterocycles. The summed E-state index contributed by atoms with van der Waals surface area (Å²) in [5.74, 6) is 3.72. The van der Waals surface area contributed by atoms with Crippen molar-refractivity contribution in [3.05, 3.63) is 0 Å². The highest BCUT2D eigenvalue weighted by molar-refractivity contribution is 4.62. The Kier molecular flexibility index (Phi) is 10.9. The molecule has 0 aliphatic carbocycles. The highest BCUT2D eigenvalue weighted by Crippen LogP contribution is 2.23. The third kappa shape index (κ3) is 9.97. The summed E-state index contributed by atoms with van der Waals surface area (Å²) in [6, 6.07) is 0. The smallest absolute Gasteiger partial charge is 0.0419 e. The van der Waals surface area contributed by atoms with E-state index in [1.54, 1.807) is 0 Å². The summed E-state index contributed by atoms with van der Waals surface area (Å²) < 4.78 is 0. The summed E-state index contributed by atoms with van der Waals surface area (Å²) in [6.07, 6.45) is 11.4. The van der Waals surface area contributed by atoms with Crippen molar-refractivity contribution in [1.82, 2.24) is 0 Å². The average molecular weight is 255 g/mol. The van der Waals surface area contributed by atoms with Crippen molar-refractivity contribution in [1.29, 1.82) is 0 Å². The molecule has 0 radical (unpaired) electrons. The van der Waals surface area contributed by atoms with Gasteiger partial charge < -0.3 is 0 Å². The molecule has 0 aromatic rings. The normalized spacial score (nSPS) is 15.3. The van der Waals surface area contributed by atoms with Crippen LogP contribution in [0.25, 0.3) is 0 Å². The molecule has 0 fully saturated rings. The predicted molar refractivity (Wildman–Crippen MR) is 84.9 cm³/mol. The van der Waals surface area contributed by atoms with E-state index in [2.05, 4.69) is 41.5 Å². The first-order valence-electron chi connectivity index (χ1n) is 8.49. The van der Waals surface area contributed by atoms with Crippen molar-refractivity contribution in [2.45, 2.75) is 92.9 Å². The minimum absolute atomic E-state index is 0.868. The van der Waals surface area contributed by atoms with E-state index in [9.17, 15) is 0 Å². The van der Waals surface area contributed by atoms with Crippen molar-refractivity contribution in [3.63, 3.8) is 0 Å². The van der Waals surface area contributed by atoms with E-state index in [0.29, 0.717) is 0 Å². The first kappa shape index (κ1) is 18.0. The van der Waals surface area contributed by atoms with Gasteiger partial charge in [-0.3, -0.25) is 0 Å². The minimum Gasteiger partial charge on any atom is -0.0651 e. The van der Waals surface area contributed by atoms with Gasteiger partial charge in [0.05, 0.1) is 0 Å². The first-order chi connectivity index (χ1) is 8.49. The van der Waals surface area contributed by atoms with Crippen molar-refractivity contribution in [2.75, 3.05) is 0 Å². The standard InChI is InChI=1S/C18H38/c1-7-18(8-2)13-12-16(5)10-9-11-17(6)14-15(3)4/h15-18H,7-14H2,1-6H3. The molecule has 2 atom stereocenters. The van der Waals surface area contributed by atoms with E-state index >= 15 is 0 Å². The van der Waals surface area contributed by atoms with Crippen LogP contribution >= 0.6 is 0 Å². The zero-order valence-corrected chi connectivity index (χ0v) is 14.0. The van der Waals surface area contributed by atoms with Crippen LogP contribution in [0.4, 0.5) is 0 Å². The molecular formula is C18H38. The van der Waals surface area contributed by atoms with Gasteiger partial charge in [0, 0.05) is 0 Å². The fourth-order valence-corrected chi connectivity index (χ4v) is 3.10. The molecule has 0 aromatic carbocycles. The molecule has 0 aromatic heterocycles. The SMILES string of the molecule is CCC(CC)CCC(C)CCCC(C)CC(C)C. The van der Waals surface area contributed by atoms with Gasteiger partial charge in [0.1, 0.15) is 0 Å². The second-order valence-corrected chi connectivity index (χ2v) is 7.03.